The quantitative estimate of drug-likeness (QED) is 0.668. The lowest BCUT2D eigenvalue weighted by Gasteiger charge is -2.34. The molecule has 1 saturated heterocycles. The Morgan fingerprint density at radius 2 is 2.00 bits per heavy atom. The Hall–Kier alpha value is -1.76. The van der Waals surface area contributed by atoms with Crippen LogP contribution in [-0.4, -0.2) is 44.4 Å². The normalized spacial score (nSPS) is 22.6. The maximum atomic E-state index is 12.4. The minimum atomic E-state index is -0.675. The van der Waals surface area contributed by atoms with Gasteiger partial charge < -0.3 is 10.0 Å². The topological polar surface area (TPSA) is 83.7 Å². The van der Waals surface area contributed by atoms with E-state index in [2.05, 4.69) is 13.8 Å². The van der Waals surface area contributed by atoms with E-state index in [1.807, 2.05) is 11.8 Å². The van der Waals surface area contributed by atoms with Crippen LogP contribution in [0, 0.1) is 10.1 Å². The molecule has 0 radical (unpaired) electrons. The van der Waals surface area contributed by atoms with E-state index in [9.17, 15) is 20.0 Å². The first-order valence-electron chi connectivity index (χ1n) is 6.30. The number of nitro benzene ring substituents is 1. The van der Waals surface area contributed by atoms with Gasteiger partial charge in [0.1, 0.15) is 0 Å². The third-order valence-corrected chi connectivity index (χ3v) is 4.35. The van der Waals surface area contributed by atoms with Crippen LogP contribution in [0.5, 0.6) is 5.75 Å². The van der Waals surface area contributed by atoms with Gasteiger partial charge in [0.25, 0.3) is 5.91 Å². The summed E-state index contributed by atoms with van der Waals surface area (Å²) in [6.07, 6.45) is 0. The summed E-state index contributed by atoms with van der Waals surface area (Å²) < 4.78 is 0. The first kappa shape index (κ1) is 14.6. The average Bonchev–Trinajstić information content (AvgIpc) is 2.36. The second kappa shape index (κ2) is 5.70. The molecule has 0 aliphatic carbocycles. The Kier molecular flexibility index (Phi) is 4.17. The fourth-order valence-electron chi connectivity index (χ4n) is 2.34. The van der Waals surface area contributed by atoms with Crippen molar-refractivity contribution in [2.24, 2.45) is 0 Å². The third kappa shape index (κ3) is 3.04. The summed E-state index contributed by atoms with van der Waals surface area (Å²) in [7, 11) is 0. The Morgan fingerprint density at radius 3 is 2.50 bits per heavy atom. The van der Waals surface area contributed by atoms with Crippen LogP contribution in [0.3, 0.4) is 0 Å². The molecule has 1 N–H and O–H groups in total. The zero-order chi connectivity index (χ0) is 14.9. The molecule has 0 bridgehead atoms. The molecule has 0 saturated carbocycles. The van der Waals surface area contributed by atoms with Crippen LogP contribution < -0.4 is 0 Å². The Labute approximate surface area is 120 Å². The van der Waals surface area contributed by atoms with Crippen LogP contribution in [0.25, 0.3) is 0 Å². The molecule has 7 heteroatoms. The Bertz CT molecular complexity index is 539. The lowest BCUT2D eigenvalue weighted by Crippen LogP contribution is -2.44. The number of nitrogens with zero attached hydrogens (tertiary/aromatic N) is 2. The first-order valence-corrected chi connectivity index (χ1v) is 7.25. The fraction of sp³-hybridized carbons (Fsp3) is 0.462. The van der Waals surface area contributed by atoms with E-state index < -0.39 is 16.4 Å². The van der Waals surface area contributed by atoms with Gasteiger partial charge in [-0.05, 0) is 12.1 Å². The SMILES string of the molecule is CC1CN(C(=O)c2ccc([N+](=O)[O-])c(O)c2)CC(C)S1. The molecule has 2 atom stereocenters. The smallest absolute Gasteiger partial charge is 0.310 e. The van der Waals surface area contributed by atoms with E-state index in [0.717, 1.165) is 12.1 Å². The molecule has 1 amide bonds. The average molecular weight is 296 g/mol. The Balaban J connectivity index is 2.21. The first-order chi connectivity index (χ1) is 9.38. The summed E-state index contributed by atoms with van der Waals surface area (Å²) in [6, 6.07) is 3.71. The highest BCUT2D eigenvalue weighted by Gasteiger charge is 2.27. The van der Waals surface area contributed by atoms with Crippen molar-refractivity contribution in [3.05, 3.63) is 33.9 Å². The molecule has 1 aliphatic rings. The number of phenols is 1. The maximum absolute atomic E-state index is 12.4. The van der Waals surface area contributed by atoms with Crippen molar-refractivity contribution in [1.82, 2.24) is 4.90 Å². The number of phenolic OH excluding ortho intramolecular Hbond substituents is 1. The predicted molar refractivity (Wildman–Crippen MR) is 77.2 cm³/mol. The van der Waals surface area contributed by atoms with Crippen molar-refractivity contribution in [1.29, 1.82) is 0 Å². The summed E-state index contributed by atoms with van der Waals surface area (Å²) in [4.78, 5) is 24.1. The van der Waals surface area contributed by atoms with Gasteiger partial charge in [-0.1, -0.05) is 13.8 Å². The monoisotopic (exact) mass is 296 g/mol. The lowest BCUT2D eigenvalue weighted by molar-refractivity contribution is -0.385. The van der Waals surface area contributed by atoms with Gasteiger partial charge in [-0.2, -0.15) is 11.8 Å². The number of hydrogen-bond donors (Lipinski definition) is 1. The standard InChI is InChI=1S/C13H16N2O4S/c1-8-6-14(7-9(2)20-8)13(17)10-3-4-11(15(18)19)12(16)5-10/h3-5,8-9,16H,6-7H2,1-2H3. The number of amides is 1. The molecule has 1 fully saturated rings. The highest BCUT2D eigenvalue weighted by Crippen LogP contribution is 2.29. The van der Waals surface area contributed by atoms with Crippen LogP contribution in [0.2, 0.25) is 0 Å². The lowest BCUT2D eigenvalue weighted by atomic mass is 10.1. The molecule has 0 spiro atoms. The van der Waals surface area contributed by atoms with Crippen LogP contribution in [-0.2, 0) is 0 Å². The molecular formula is C13H16N2O4S. The molecule has 0 aromatic heterocycles. The minimum Gasteiger partial charge on any atom is -0.502 e. The number of aromatic hydroxyl groups is 1. The molecule has 2 unspecified atom stereocenters. The van der Waals surface area contributed by atoms with Gasteiger partial charge in [0.05, 0.1) is 4.92 Å². The zero-order valence-electron chi connectivity index (χ0n) is 11.3. The number of nitro groups is 1. The van der Waals surface area contributed by atoms with Crippen molar-refractivity contribution in [2.45, 2.75) is 24.3 Å². The number of benzene rings is 1. The summed E-state index contributed by atoms with van der Waals surface area (Å²) in [5.41, 5.74) is -0.114. The van der Waals surface area contributed by atoms with Gasteiger partial charge in [0.15, 0.2) is 5.75 Å². The van der Waals surface area contributed by atoms with Crippen LogP contribution in [0.15, 0.2) is 18.2 Å². The Morgan fingerprint density at radius 1 is 1.40 bits per heavy atom. The van der Waals surface area contributed by atoms with E-state index in [-0.39, 0.29) is 11.5 Å². The van der Waals surface area contributed by atoms with Gasteiger partial charge >= 0.3 is 5.69 Å². The van der Waals surface area contributed by atoms with Gasteiger partial charge in [0.2, 0.25) is 0 Å². The molecule has 1 aliphatic heterocycles. The zero-order valence-corrected chi connectivity index (χ0v) is 12.1. The fourth-order valence-corrected chi connectivity index (χ4v) is 3.66. The summed E-state index contributed by atoms with van der Waals surface area (Å²) in [6.45, 7) is 5.42. The largest absolute Gasteiger partial charge is 0.502 e. The molecular weight excluding hydrogens is 280 g/mol. The molecule has 2 rings (SSSR count). The number of carbonyl (C=O) groups is 1. The molecule has 1 heterocycles. The highest BCUT2D eigenvalue weighted by atomic mass is 32.2. The second-order valence-electron chi connectivity index (χ2n) is 4.93. The van der Waals surface area contributed by atoms with Gasteiger partial charge in [-0.25, -0.2) is 0 Å². The number of hydrogen-bond acceptors (Lipinski definition) is 5. The van der Waals surface area contributed by atoms with E-state index in [1.54, 1.807) is 4.90 Å². The molecule has 20 heavy (non-hydrogen) atoms. The third-order valence-electron chi connectivity index (χ3n) is 3.13. The van der Waals surface area contributed by atoms with Gasteiger partial charge in [0, 0.05) is 35.2 Å². The summed E-state index contributed by atoms with van der Waals surface area (Å²) in [5.74, 6) is -0.678. The second-order valence-corrected chi connectivity index (χ2v) is 6.81. The number of rotatable bonds is 2. The molecule has 6 nitrogen and oxygen atoms in total. The van der Waals surface area contributed by atoms with Crippen LogP contribution in [0.1, 0.15) is 24.2 Å². The van der Waals surface area contributed by atoms with Crippen molar-refractivity contribution in [3.8, 4) is 5.75 Å². The van der Waals surface area contributed by atoms with Crippen molar-refractivity contribution in [3.63, 3.8) is 0 Å². The number of thioether (sulfide) groups is 1. The van der Waals surface area contributed by atoms with Crippen molar-refractivity contribution in [2.75, 3.05) is 13.1 Å². The van der Waals surface area contributed by atoms with E-state index in [1.165, 1.54) is 6.07 Å². The highest BCUT2D eigenvalue weighted by molar-refractivity contribution is 8.00. The van der Waals surface area contributed by atoms with E-state index in [4.69, 9.17) is 0 Å². The van der Waals surface area contributed by atoms with E-state index >= 15 is 0 Å². The van der Waals surface area contributed by atoms with Crippen LogP contribution in [0.4, 0.5) is 5.69 Å². The summed E-state index contributed by atoms with van der Waals surface area (Å²) in [5, 5.41) is 20.9. The van der Waals surface area contributed by atoms with Crippen molar-refractivity contribution < 1.29 is 14.8 Å². The predicted octanol–water partition coefficient (Wildman–Crippen LogP) is 2.27. The summed E-state index contributed by atoms with van der Waals surface area (Å²) >= 11 is 1.83. The van der Waals surface area contributed by atoms with Gasteiger partial charge in [-0.15, -0.1) is 0 Å². The minimum absolute atomic E-state index is 0.200. The van der Waals surface area contributed by atoms with E-state index in [0.29, 0.717) is 23.6 Å². The van der Waals surface area contributed by atoms with Gasteiger partial charge in [-0.3, -0.25) is 14.9 Å². The van der Waals surface area contributed by atoms with Crippen LogP contribution >= 0.6 is 11.8 Å². The van der Waals surface area contributed by atoms with Crippen molar-refractivity contribution >= 4 is 23.4 Å². The molecule has 108 valence electrons. The number of carbonyl (C=O) groups excluding carboxylic acids is 1. The molecule has 1 aromatic rings. The molecule has 1 aromatic carbocycles. The maximum Gasteiger partial charge on any atom is 0.310 e.